The highest BCUT2D eigenvalue weighted by atomic mass is 16.5. The minimum Gasteiger partial charge on any atom is -0.495 e. The van der Waals surface area contributed by atoms with Gasteiger partial charge in [0, 0.05) is 45.5 Å². The molecule has 1 aromatic carbocycles. The Morgan fingerprint density at radius 1 is 0.778 bits per heavy atom. The summed E-state index contributed by atoms with van der Waals surface area (Å²) < 4.78 is 5.52. The van der Waals surface area contributed by atoms with Gasteiger partial charge in [-0.25, -0.2) is 4.98 Å². The molecule has 27 heavy (non-hydrogen) atoms. The van der Waals surface area contributed by atoms with E-state index in [0.29, 0.717) is 0 Å². The molecule has 0 N–H and O–H groups in total. The highest BCUT2D eigenvalue weighted by molar-refractivity contribution is 5.59. The van der Waals surface area contributed by atoms with Crippen molar-refractivity contribution in [3.8, 4) is 5.75 Å². The van der Waals surface area contributed by atoms with Crippen molar-refractivity contribution in [2.45, 2.75) is 25.7 Å². The van der Waals surface area contributed by atoms with Crippen LogP contribution in [0.3, 0.4) is 0 Å². The monoisotopic (exact) mass is 367 g/mol. The number of hydrogen-bond donors (Lipinski definition) is 0. The molecule has 0 radical (unpaired) electrons. The molecule has 0 spiro atoms. The third-order valence-electron chi connectivity index (χ3n) is 5.55. The third-order valence-corrected chi connectivity index (χ3v) is 5.55. The maximum absolute atomic E-state index is 5.52. The van der Waals surface area contributed by atoms with Crippen LogP contribution < -0.4 is 19.4 Å². The molecule has 2 fully saturated rings. The molecule has 4 rings (SSSR count). The van der Waals surface area contributed by atoms with E-state index in [0.717, 1.165) is 56.8 Å². The molecule has 0 saturated carbocycles. The standard InChI is InChI=1S/C21H29N5O/c1-27-19-9-5-4-8-18(19)24-14-16-26(17-15-24)21-22-11-10-20(23-21)25-12-6-2-3-7-13-25/h4-5,8-11H,2-3,6-7,12-17H2,1H3. The molecule has 0 atom stereocenters. The lowest BCUT2D eigenvalue weighted by atomic mass is 10.2. The van der Waals surface area contributed by atoms with Crippen LogP contribution in [0, 0.1) is 0 Å². The summed E-state index contributed by atoms with van der Waals surface area (Å²) in [6.45, 7) is 5.94. The number of methoxy groups -OCH3 is 1. The Labute approximate surface area is 161 Å². The summed E-state index contributed by atoms with van der Waals surface area (Å²) in [5.74, 6) is 2.87. The molecule has 0 unspecified atom stereocenters. The summed E-state index contributed by atoms with van der Waals surface area (Å²) in [5.41, 5.74) is 1.17. The SMILES string of the molecule is COc1ccccc1N1CCN(c2nccc(N3CCCCCC3)n2)CC1. The van der Waals surface area contributed by atoms with Gasteiger partial charge in [0.05, 0.1) is 12.8 Å². The molecule has 6 nitrogen and oxygen atoms in total. The number of benzene rings is 1. The molecule has 0 amide bonds. The second kappa shape index (κ2) is 8.46. The number of nitrogens with zero attached hydrogens (tertiary/aromatic N) is 5. The van der Waals surface area contributed by atoms with Crippen LogP contribution in [0.15, 0.2) is 36.5 Å². The predicted octanol–water partition coefficient (Wildman–Crippen LogP) is 3.19. The first-order valence-corrected chi connectivity index (χ1v) is 10.1. The lowest BCUT2D eigenvalue weighted by molar-refractivity contribution is 0.413. The number of hydrogen-bond acceptors (Lipinski definition) is 6. The van der Waals surface area contributed by atoms with Gasteiger partial charge in [-0.2, -0.15) is 4.98 Å². The third kappa shape index (κ3) is 4.10. The van der Waals surface area contributed by atoms with Crippen LogP contribution in [0.25, 0.3) is 0 Å². The van der Waals surface area contributed by atoms with Gasteiger partial charge in [-0.3, -0.25) is 0 Å². The number of ether oxygens (including phenoxy) is 1. The van der Waals surface area contributed by atoms with E-state index in [1.54, 1.807) is 7.11 Å². The van der Waals surface area contributed by atoms with E-state index < -0.39 is 0 Å². The van der Waals surface area contributed by atoms with E-state index in [4.69, 9.17) is 9.72 Å². The minimum absolute atomic E-state index is 0.858. The molecule has 0 aliphatic carbocycles. The molecule has 1 aromatic heterocycles. The summed E-state index contributed by atoms with van der Waals surface area (Å²) in [6, 6.07) is 10.3. The number of rotatable bonds is 4. The first-order chi connectivity index (χ1) is 13.3. The van der Waals surface area contributed by atoms with Crippen LogP contribution in [0.2, 0.25) is 0 Å². The molecule has 2 saturated heterocycles. The summed E-state index contributed by atoms with van der Waals surface area (Å²) in [7, 11) is 1.73. The van der Waals surface area contributed by atoms with Gasteiger partial charge in [-0.05, 0) is 31.0 Å². The number of anilines is 3. The molecule has 2 aliphatic heterocycles. The van der Waals surface area contributed by atoms with Crippen molar-refractivity contribution in [3.05, 3.63) is 36.5 Å². The lowest BCUT2D eigenvalue weighted by Crippen LogP contribution is -2.47. The van der Waals surface area contributed by atoms with Gasteiger partial charge in [0.15, 0.2) is 0 Å². The van der Waals surface area contributed by atoms with Gasteiger partial charge in [-0.1, -0.05) is 25.0 Å². The average molecular weight is 367 g/mol. The van der Waals surface area contributed by atoms with Crippen molar-refractivity contribution < 1.29 is 4.74 Å². The van der Waals surface area contributed by atoms with Gasteiger partial charge < -0.3 is 19.4 Å². The first-order valence-electron chi connectivity index (χ1n) is 10.1. The van der Waals surface area contributed by atoms with Crippen molar-refractivity contribution in [1.29, 1.82) is 0 Å². The highest BCUT2D eigenvalue weighted by Crippen LogP contribution is 2.29. The zero-order valence-corrected chi connectivity index (χ0v) is 16.2. The molecule has 2 aromatic rings. The van der Waals surface area contributed by atoms with Crippen molar-refractivity contribution in [2.75, 3.05) is 61.1 Å². The molecular formula is C21H29N5O. The second-order valence-corrected chi connectivity index (χ2v) is 7.26. The maximum Gasteiger partial charge on any atom is 0.227 e. The lowest BCUT2D eigenvalue weighted by Gasteiger charge is -2.36. The molecule has 2 aliphatic rings. The summed E-state index contributed by atoms with van der Waals surface area (Å²) >= 11 is 0. The minimum atomic E-state index is 0.858. The largest absolute Gasteiger partial charge is 0.495 e. The Morgan fingerprint density at radius 2 is 1.48 bits per heavy atom. The van der Waals surface area contributed by atoms with E-state index in [-0.39, 0.29) is 0 Å². The Morgan fingerprint density at radius 3 is 2.22 bits per heavy atom. The number of para-hydroxylation sites is 2. The fourth-order valence-corrected chi connectivity index (χ4v) is 4.01. The van der Waals surface area contributed by atoms with E-state index >= 15 is 0 Å². The summed E-state index contributed by atoms with van der Waals surface area (Å²) in [5, 5.41) is 0. The molecule has 6 heteroatoms. The van der Waals surface area contributed by atoms with Crippen molar-refractivity contribution in [2.24, 2.45) is 0 Å². The molecular weight excluding hydrogens is 338 g/mol. The molecule has 0 bridgehead atoms. The zero-order chi connectivity index (χ0) is 18.5. The zero-order valence-electron chi connectivity index (χ0n) is 16.2. The van der Waals surface area contributed by atoms with E-state index in [1.165, 1.54) is 31.4 Å². The van der Waals surface area contributed by atoms with Crippen molar-refractivity contribution >= 4 is 17.5 Å². The smallest absolute Gasteiger partial charge is 0.227 e. The number of aromatic nitrogens is 2. The van der Waals surface area contributed by atoms with E-state index in [2.05, 4.69) is 37.9 Å². The summed E-state index contributed by atoms with van der Waals surface area (Å²) in [4.78, 5) is 16.6. The van der Waals surface area contributed by atoms with Crippen LogP contribution in [0.4, 0.5) is 17.5 Å². The van der Waals surface area contributed by atoms with Gasteiger partial charge in [0.1, 0.15) is 11.6 Å². The van der Waals surface area contributed by atoms with Gasteiger partial charge >= 0.3 is 0 Å². The normalized spacial score (nSPS) is 18.3. The maximum atomic E-state index is 5.52. The first kappa shape index (κ1) is 17.9. The number of piperazine rings is 1. The van der Waals surface area contributed by atoms with Crippen molar-refractivity contribution in [3.63, 3.8) is 0 Å². The summed E-state index contributed by atoms with van der Waals surface area (Å²) in [6.07, 6.45) is 7.10. The Balaban J connectivity index is 1.43. The highest BCUT2D eigenvalue weighted by Gasteiger charge is 2.22. The predicted molar refractivity (Wildman–Crippen MR) is 110 cm³/mol. The van der Waals surface area contributed by atoms with E-state index in [9.17, 15) is 0 Å². The Hall–Kier alpha value is -2.50. The van der Waals surface area contributed by atoms with Gasteiger partial charge in [-0.15, -0.1) is 0 Å². The van der Waals surface area contributed by atoms with Crippen LogP contribution in [0.5, 0.6) is 5.75 Å². The topological polar surface area (TPSA) is 44.7 Å². The van der Waals surface area contributed by atoms with Crippen LogP contribution >= 0.6 is 0 Å². The van der Waals surface area contributed by atoms with Gasteiger partial charge in [0.25, 0.3) is 0 Å². The molecule has 144 valence electrons. The Bertz CT molecular complexity index is 737. The van der Waals surface area contributed by atoms with Crippen LogP contribution in [0.1, 0.15) is 25.7 Å². The Kier molecular flexibility index (Phi) is 5.61. The second-order valence-electron chi connectivity index (χ2n) is 7.26. The molecule has 3 heterocycles. The average Bonchev–Trinajstić information content (AvgIpc) is 3.04. The van der Waals surface area contributed by atoms with Crippen LogP contribution in [-0.2, 0) is 0 Å². The quantitative estimate of drug-likeness (QED) is 0.827. The van der Waals surface area contributed by atoms with E-state index in [1.807, 2.05) is 18.3 Å². The van der Waals surface area contributed by atoms with Crippen molar-refractivity contribution in [1.82, 2.24) is 9.97 Å². The fraction of sp³-hybridized carbons (Fsp3) is 0.524. The fourth-order valence-electron chi connectivity index (χ4n) is 4.01. The van der Waals surface area contributed by atoms with Gasteiger partial charge in [0.2, 0.25) is 5.95 Å². The van der Waals surface area contributed by atoms with Crippen LogP contribution in [-0.4, -0.2) is 56.3 Å².